The third-order valence-electron chi connectivity index (χ3n) is 4.53. The Hall–Kier alpha value is -3.02. The molecule has 6 nitrogen and oxygen atoms in total. The first-order valence-electron chi connectivity index (χ1n) is 7.87. The Labute approximate surface area is 138 Å². The fraction of sp³-hybridized carbons (Fsp3) is 0.222. The molecular weight excluding hydrogens is 306 g/mol. The summed E-state index contributed by atoms with van der Waals surface area (Å²) in [7, 11) is 0. The smallest absolute Gasteiger partial charge is 0.278 e. The zero-order valence-electron chi connectivity index (χ0n) is 13.0. The molecule has 1 aromatic carbocycles. The van der Waals surface area contributed by atoms with Crippen molar-refractivity contribution in [3.8, 4) is 5.75 Å². The monoisotopic (exact) mass is 323 g/mol. The van der Waals surface area contributed by atoms with E-state index in [4.69, 9.17) is 0 Å². The molecule has 24 heavy (non-hydrogen) atoms. The Morgan fingerprint density at radius 1 is 1.04 bits per heavy atom. The van der Waals surface area contributed by atoms with Crippen molar-refractivity contribution in [1.29, 1.82) is 0 Å². The highest BCUT2D eigenvalue weighted by Crippen LogP contribution is 2.30. The molecule has 122 valence electrons. The summed E-state index contributed by atoms with van der Waals surface area (Å²) in [5, 5.41) is 12.2. The van der Waals surface area contributed by atoms with Crippen LogP contribution in [0.15, 0.2) is 59.5 Å². The summed E-state index contributed by atoms with van der Waals surface area (Å²) < 4.78 is 1.62. The van der Waals surface area contributed by atoms with Crippen LogP contribution in [-0.4, -0.2) is 33.8 Å². The van der Waals surface area contributed by atoms with Crippen molar-refractivity contribution >= 4 is 5.91 Å². The number of hydrogen-bond donors (Lipinski definition) is 1. The molecule has 1 N–H and O–H groups in total. The van der Waals surface area contributed by atoms with E-state index in [1.807, 2.05) is 41.4 Å². The molecule has 0 saturated heterocycles. The van der Waals surface area contributed by atoms with Crippen LogP contribution in [0.1, 0.15) is 28.5 Å². The second-order valence-corrected chi connectivity index (χ2v) is 5.96. The normalized spacial score (nSPS) is 21.0. The van der Waals surface area contributed by atoms with Gasteiger partial charge in [-0.3, -0.25) is 19.3 Å². The second-order valence-electron chi connectivity index (χ2n) is 5.96. The third-order valence-corrected chi connectivity index (χ3v) is 4.53. The number of nitrogens with zero attached hydrogens (tertiary/aromatic N) is 3. The van der Waals surface area contributed by atoms with Crippen LogP contribution in [0.25, 0.3) is 0 Å². The van der Waals surface area contributed by atoms with Gasteiger partial charge in [0.1, 0.15) is 6.67 Å². The van der Waals surface area contributed by atoms with Gasteiger partial charge in [-0.2, -0.15) is 0 Å². The van der Waals surface area contributed by atoms with Gasteiger partial charge in [0.25, 0.3) is 5.91 Å². The first kappa shape index (κ1) is 14.6. The summed E-state index contributed by atoms with van der Waals surface area (Å²) in [6, 6.07) is 11.3. The summed E-state index contributed by atoms with van der Waals surface area (Å²) in [4.78, 5) is 26.1. The van der Waals surface area contributed by atoms with Crippen molar-refractivity contribution in [2.45, 2.75) is 12.5 Å². The lowest BCUT2D eigenvalue weighted by Crippen LogP contribution is -2.55. The van der Waals surface area contributed by atoms with Gasteiger partial charge in [-0.25, -0.2) is 0 Å². The van der Waals surface area contributed by atoms with Gasteiger partial charge in [-0.1, -0.05) is 42.5 Å². The number of aromatic nitrogens is 1. The molecule has 1 unspecified atom stereocenters. The number of fused-ring (bicyclic) bond motifs is 4. The molecule has 0 spiro atoms. The molecule has 3 heterocycles. The Balaban J connectivity index is 1.91. The van der Waals surface area contributed by atoms with E-state index in [1.165, 1.54) is 6.07 Å². The van der Waals surface area contributed by atoms with E-state index >= 15 is 0 Å². The Bertz CT molecular complexity index is 873. The van der Waals surface area contributed by atoms with Crippen LogP contribution in [0, 0.1) is 0 Å². The maximum atomic E-state index is 12.7. The minimum atomic E-state index is -0.541. The molecule has 0 radical (unpaired) electrons. The highest BCUT2D eigenvalue weighted by atomic mass is 16.3. The Kier molecular flexibility index (Phi) is 3.37. The summed E-state index contributed by atoms with van der Waals surface area (Å²) in [6.45, 7) is 0.859. The van der Waals surface area contributed by atoms with E-state index in [1.54, 1.807) is 15.8 Å². The molecule has 2 aliphatic rings. The van der Waals surface area contributed by atoms with Crippen molar-refractivity contribution < 1.29 is 9.90 Å². The van der Waals surface area contributed by atoms with Gasteiger partial charge < -0.3 is 10.0 Å². The predicted octanol–water partition coefficient (Wildman–Crippen LogP) is 1.61. The molecule has 1 atom stereocenters. The summed E-state index contributed by atoms with van der Waals surface area (Å²) in [5.74, 6) is -0.826. The highest BCUT2D eigenvalue weighted by Gasteiger charge is 2.35. The van der Waals surface area contributed by atoms with E-state index in [2.05, 4.69) is 6.08 Å². The number of carbonyl (C=O) groups excluding carboxylic acids is 1. The largest absolute Gasteiger partial charge is 0.502 e. The molecular formula is C18H17N3O3. The van der Waals surface area contributed by atoms with E-state index in [9.17, 15) is 14.7 Å². The lowest BCUT2D eigenvalue weighted by Gasteiger charge is -2.44. The topological polar surface area (TPSA) is 65.8 Å². The molecule has 0 aliphatic carbocycles. The van der Waals surface area contributed by atoms with Gasteiger partial charge >= 0.3 is 0 Å². The maximum Gasteiger partial charge on any atom is 0.278 e. The molecule has 2 aromatic rings. The van der Waals surface area contributed by atoms with Crippen molar-refractivity contribution in [3.63, 3.8) is 0 Å². The third kappa shape index (κ3) is 2.19. The number of hydrogen-bond acceptors (Lipinski definition) is 4. The number of rotatable bonds is 1. The molecule has 2 bridgehead atoms. The van der Waals surface area contributed by atoms with Gasteiger partial charge in [-0.05, 0) is 12.0 Å². The minimum absolute atomic E-state index is 0.000924. The van der Waals surface area contributed by atoms with Crippen LogP contribution in [0.4, 0.5) is 0 Å². The van der Waals surface area contributed by atoms with Crippen LogP contribution in [0.2, 0.25) is 0 Å². The van der Waals surface area contributed by atoms with Gasteiger partial charge in [0.15, 0.2) is 11.4 Å². The van der Waals surface area contributed by atoms with E-state index in [0.29, 0.717) is 13.2 Å². The van der Waals surface area contributed by atoms with Crippen LogP contribution < -0.4 is 10.4 Å². The number of benzene rings is 1. The standard InChI is InChI=1S/C18H17N3O3/c22-15-9-11-20-16(17(15)23)18(24)19-10-5-4-8-14(21(20)12-19)13-6-2-1-3-7-13/h1-7,9,11,14,23H,8,10,12H2/b5-4-. The average molecular weight is 323 g/mol. The molecule has 0 fully saturated rings. The number of carbonyl (C=O) groups is 1. The number of pyridine rings is 1. The van der Waals surface area contributed by atoms with Gasteiger partial charge in [-0.15, -0.1) is 0 Å². The van der Waals surface area contributed by atoms with Crippen molar-refractivity contribution in [2.24, 2.45) is 0 Å². The zero-order chi connectivity index (χ0) is 16.7. The van der Waals surface area contributed by atoms with Gasteiger partial charge in [0.2, 0.25) is 5.43 Å². The van der Waals surface area contributed by atoms with Crippen molar-refractivity contribution in [1.82, 2.24) is 9.58 Å². The lowest BCUT2D eigenvalue weighted by atomic mass is 10.0. The molecule has 4 rings (SSSR count). The summed E-state index contributed by atoms with van der Waals surface area (Å²) in [6.07, 6.45) is 6.36. The summed E-state index contributed by atoms with van der Waals surface area (Å²) >= 11 is 0. The van der Waals surface area contributed by atoms with Gasteiger partial charge in [0, 0.05) is 18.8 Å². The Morgan fingerprint density at radius 2 is 1.83 bits per heavy atom. The van der Waals surface area contributed by atoms with Crippen molar-refractivity contribution in [2.75, 3.05) is 18.2 Å². The van der Waals surface area contributed by atoms with Crippen molar-refractivity contribution in [3.05, 3.63) is 76.2 Å². The second kappa shape index (κ2) is 5.56. The van der Waals surface area contributed by atoms with Crippen LogP contribution in [0.5, 0.6) is 5.75 Å². The van der Waals surface area contributed by atoms with Crippen LogP contribution in [-0.2, 0) is 0 Å². The Morgan fingerprint density at radius 3 is 2.62 bits per heavy atom. The maximum absolute atomic E-state index is 12.7. The molecule has 2 aliphatic heterocycles. The predicted molar refractivity (Wildman–Crippen MR) is 89.4 cm³/mol. The highest BCUT2D eigenvalue weighted by molar-refractivity contribution is 5.96. The first-order chi connectivity index (χ1) is 11.7. The van der Waals surface area contributed by atoms with Crippen LogP contribution in [0.3, 0.4) is 0 Å². The zero-order valence-corrected chi connectivity index (χ0v) is 13.0. The van der Waals surface area contributed by atoms with E-state index in [0.717, 1.165) is 12.0 Å². The lowest BCUT2D eigenvalue weighted by molar-refractivity contribution is 0.0694. The first-order valence-corrected chi connectivity index (χ1v) is 7.87. The average Bonchev–Trinajstić information content (AvgIpc) is 2.58. The molecule has 0 saturated carbocycles. The minimum Gasteiger partial charge on any atom is -0.502 e. The quantitative estimate of drug-likeness (QED) is 0.810. The van der Waals surface area contributed by atoms with Crippen LogP contribution >= 0.6 is 0 Å². The number of amides is 1. The molecule has 1 aromatic heterocycles. The SMILES string of the molecule is O=C1c2c(O)c(=O)ccn2N2CN1C/C=C\CC2c1ccccc1. The fourth-order valence-electron chi connectivity index (χ4n) is 3.31. The summed E-state index contributed by atoms with van der Waals surface area (Å²) in [5.41, 5.74) is 0.604. The van der Waals surface area contributed by atoms with Gasteiger partial charge in [0.05, 0.1) is 6.04 Å². The van der Waals surface area contributed by atoms with E-state index < -0.39 is 11.2 Å². The van der Waals surface area contributed by atoms with E-state index in [-0.39, 0.29) is 17.6 Å². The molecule has 6 heteroatoms. The fourth-order valence-corrected chi connectivity index (χ4v) is 3.31. The molecule has 1 amide bonds. The number of aromatic hydroxyl groups is 1.